The van der Waals surface area contributed by atoms with E-state index in [1.165, 1.54) is 6.07 Å². The molecule has 2 aromatic rings. The van der Waals surface area contributed by atoms with Crippen LogP contribution in [0.1, 0.15) is 80.2 Å². The maximum atomic E-state index is 13.1. The Morgan fingerprint density at radius 3 is 2.14 bits per heavy atom. The molecule has 2 aromatic carbocycles. The van der Waals surface area contributed by atoms with E-state index < -0.39 is 17.6 Å². The van der Waals surface area contributed by atoms with Crippen molar-refractivity contribution in [1.82, 2.24) is 0 Å². The van der Waals surface area contributed by atoms with Crippen molar-refractivity contribution in [2.75, 3.05) is 5.32 Å². The van der Waals surface area contributed by atoms with Gasteiger partial charge >= 0.3 is 0 Å². The van der Waals surface area contributed by atoms with Crippen LogP contribution in [0, 0.1) is 0 Å². The van der Waals surface area contributed by atoms with Gasteiger partial charge in [0.15, 0.2) is 23.4 Å². The first-order valence-corrected chi connectivity index (χ1v) is 13.2. The van der Waals surface area contributed by atoms with Crippen LogP contribution in [0.4, 0.5) is 5.69 Å². The van der Waals surface area contributed by atoms with Gasteiger partial charge in [0.05, 0.1) is 10.7 Å². The summed E-state index contributed by atoms with van der Waals surface area (Å²) in [6.07, 6.45) is 1.66. The Bertz CT molecular complexity index is 1070. The Morgan fingerprint density at radius 2 is 1.58 bits per heavy atom. The van der Waals surface area contributed by atoms with Gasteiger partial charge in [0.2, 0.25) is 0 Å². The van der Waals surface area contributed by atoms with Crippen molar-refractivity contribution in [2.45, 2.75) is 98.4 Å². The summed E-state index contributed by atoms with van der Waals surface area (Å²) in [6.45, 7) is 15.8. The average Bonchev–Trinajstić information content (AvgIpc) is 2.81. The van der Waals surface area contributed by atoms with Crippen LogP contribution in [-0.2, 0) is 11.2 Å². The number of amides is 1. The minimum atomic E-state index is -0.862. The van der Waals surface area contributed by atoms with E-state index in [4.69, 9.17) is 37.4 Å². The van der Waals surface area contributed by atoms with E-state index in [0.29, 0.717) is 40.7 Å². The number of benzene rings is 2. The maximum Gasteiger partial charge on any atom is 0.265 e. The number of nitrogens with one attached hydrogen (secondary N) is 1. The zero-order chi connectivity index (χ0) is 27.3. The number of carbonyl (C=O) groups excluding carboxylic acids is 1. The summed E-state index contributed by atoms with van der Waals surface area (Å²) in [5.74, 6) is 0.881. The van der Waals surface area contributed by atoms with Crippen LogP contribution < -0.4 is 19.5 Å². The molecule has 6 nitrogen and oxygen atoms in total. The monoisotopic (exact) mass is 539 g/mol. The van der Waals surface area contributed by atoms with Crippen LogP contribution in [0.3, 0.4) is 0 Å². The van der Waals surface area contributed by atoms with Crippen molar-refractivity contribution in [3.8, 4) is 23.0 Å². The summed E-state index contributed by atoms with van der Waals surface area (Å²) >= 11 is 12.5. The molecule has 0 aromatic heterocycles. The number of halogens is 2. The molecule has 36 heavy (non-hydrogen) atoms. The quantitative estimate of drug-likeness (QED) is 0.266. The second-order valence-electron chi connectivity index (χ2n) is 9.94. The molecule has 8 heteroatoms. The normalized spacial score (nSPS) is 12.7. The lowest BCUT2D eigenvalue weighted by Crippen LogP contribution is -2.33. The molecule has 0 aliphatic rings. The maximum absolute atomic E-state index is 13.1. The fraction of sp³-hybridized carbons (Fsp3) is 0.536. The number of carbonyl (C=O) groups is 1. The average molecular weight is 541 g/mol. The molecule has 200 valence electrons. The zero-order valence-electron chi connectivity index (χ0n) is 22.6. The minimum absolute atomic E-state index is 0.123. The first kappa shape index (κ1) is 29.9. The van der Waals surface area contributed by atoms with Crippen molar-refractivity contribution >= 4 is 34.8 Å². The molecule has 1 unspecified atom stereocenters. The third kappa shape index (κ3) is 7.59. The Kier molecular flexibility index (Phi) is 10.2. The van der Waals surface area contributed by atoms with E-state index in [1.54, 1.807) is 18.2 Å². The Hall–Kier alpha value is -2.31. The molecule has 0 bridgehead atoms. The third-order valence-electron chi connectivity index (χ3n) is 6.23. The van der Waals surface area contributed by atoms with Gasteiger partial charge in [0.25, 0.3) is 5.91 Å². The van der Waals surface area contributed by atoms with Gasteiger partial charge in [-0.25, -0.2) is 0 Å². The van der Waals surface area contributed by atoms with Gasteiger partial charge in [-0.2, -0.15) is 0 Å². The van der Waals surface area contributed by atoms with Gasteiger partial charge < -0.3 is 24.6 Å². The van der Waals surface area contributed by atoms with Crippen LogP contribution in [-0.4, -0.2) is 28.3 Å². The second-order valence-corrected chi connectivity index (χ2v) is 10.7. The number of rotatable bonds is 12. The fourth-order valence-corrected chi connectivity index (χ4v) is 3.97. The Balaban J connectivity index is 2.35. The lowest BCUT2D eigenvalue weighted by molar-refractivity contribution is -0.122. The van der Waals surface area contributed by atoms with Crippen molar-refractivity contribution in [3.63, 3.8) is 0 Å². The smallest absolute Gasteiger partial charge is 0.265 e. The standard InChI is InChI=1S/C28H39Cl2NO5/c1-9-18-19(29)16-20(25(32)24(18)30)31-26(33)21(10-2)34-22-14-13-17(35-27(5,6)11-3)15-23(22)36-28(7,8)12-4/h13-16,21,32H,9-12H2,1-8H3,(H,31,33). The first-order valence-electron chi connectivity index (χ1n) is 12.5. The van der Waals surface area contributed by atoms with Crippen molar-refractivity contribution in [2.24, 2.45) is 0 Å². The molecule has 0 saturated heterocycles. The van der Waals surface area contributed by atoms with Crippen molar-refractivity contribution < 1.29 is 24.1 Å². The summed E-state index contributed by atoms with van der Waals surface area (Å²) in [5.41, 5.74) is -0.0559. The molecule has 1 atom stereocenters. The highest BCUT2D eigenvalue weighted by atomic mass is 35.5. The lowest BCUT2D eigenvalue weighted by Gasteiger charge is -2.29. The molecule has 1 amide bonds. The third-order valence-corrected chi connectivity index (χ3v) is 6.97. The molecular formula is C28H39Cl2NO5. The highest BCUT2D eigenvalue weighted by Crippen LogP contribution is 2.40. The number of ether oxygens (including phenoxy) is 3. The molecular weight excluding hydrogens is 501 g/mol. The van der Waals surface area contributed by atoms with Gasteiger partial charge in [-0.05, 0) is 77.1 Å². The van der Waals surface area contributed by atoms with Gasteiger partial charge in [-0.15, -0.1) is 0 Å². The number of phenolic OH excluding ortho intramolecular Hbond substituents is 1. The highest BCUT2D eigenvalue weighted by molar-refractivity contribution is 6.37. The number of anilines is 1. The summed E-state index contributed by atoms with van der Waals surface area (Å²) < 4.78 is 18.6. The Morgan fingerprint density at radius 1 is 0.972 bits per heavy atom. The van der Waals surface area contributed by atoms with Crippen LogP contribution in [0.15, 0.2) is 24.3 Å². The van der Waals surface area contributed by atoms with Crippen molar-refractivity contribution in [1.29, 1.82) is 0 Å². The van der Waals surface area contributed by atoms with Gasteiger partial charge in [-0.3, -0.25) is 4.79 Å². The van der Waals surface area contributed by atoms with E-state index in [9.17, 15) is 9.90 Å². The largest absolute Gasteiger partial charge is 0.504 e. The van der Waals surface area contributed by atoms with Crippen LogP contribution >= 0.6 is 23.2 Å². The van der Waals surface area contributed by atoms with E-state index >= 15 is 0 Å². The zero-order valence-corrected chi connectivity index (χ0v) is 24.1. The van der Waals surface area contributed by atoms with Gasteiger partial charge in [0.1, 0.15) is 17.0 Å². The molecule has 0 radical (unpaired) electrons. The summed E-state index contributed by atoms with van der Waals surface area (Å²) in [6, 6.07) is 6.84. The topological polar surface area (TPSA) is 77.0 Å². The van der Waals surface area contributed by atoms with E-state index in [2.05, 4.69) is 12.2 Å². The summed E-state index contributed by atoms with van der Waals surface area (Å²) in [4.78, 5) is 13.1. The van der Waals surface area contributed by atoms with Crippen LogP contribution in [0.5, 0.6) is 23.0 Å². The summed E-state index contributed by atoms with van der Waals surface area (Å²) in [5, 5.41) is 13.7. The number of hydrogen-bond donors (Lipinski definition) is 2. The lowest BCUT2D eigenvalue weighted by atomic mass is 10.1. The van der Waals surface area contributed by atoms with E-state index in [-0.39, 0.29) is 22.1 Å². The SMILES string of the molecule is CCc1c(Cl)cc(NC(=O)C(CC)Oc2ccc(OC(C)(C)CC)cc2OC(C)(C)CC)c(O)c1Cl. The number of aromatic hydroxyl groups is 1. The predicted octanol–water partition coefficient (Wildman–Crippen LogP) is 8.19. The molecule has 0 aliphatic heterocycles. The molecule has 2 N–H and O–H groups in total. The number of hydrogen-bond acceptors (Lipinski definition) is 5. The van der Waals surface area contributed by atoms with Crippen LogP contribution in [0.2, 0.25) is 10.0 Å². The molecule has 0 aliphatic carbocycles. The van der Waals surface area contributed by atoms with Gasteiger partial charge in [-0.1, -0.05) is 50.9 Å². The van der Waals surface area contributed by atoms with Crippen molar-refractivity contribution in [3.05, 3.63) is 39.9 Å². The highest BCUT2D eigenvalue weighted by Gasteiger charge is 2.26. The molecule has 0 spiro atoms. The second kappa shape index (κ2) is 12.3. The summed E-state index contributed by atoms with van der Waals surface area (Å²) in [7, 11) is 0. The molecule has 0 heterocycles. The first-order chi connectivity index (χ1) is 16.8. The minimum Gasteiger partial charge on any atom is -0.504 e. The van der Waals surface area contributed by atoms with Gasteiger partial charge in [0, 0.05) is 11.1 Å². The predicted molar refractivity (Wildman–Crippen MR) is 147 cm³/mol. The van der Waals surface area contributed by atoms with E-state index in [1.807, 2.05) is 48.5 Å². The molecule has 2 rings (SSSR count). The fourth-order valence-electron chi connectivity index (χ4n) is 3.25. The number of phenols is 1. The molecule has 0 fully saturated rings. The van der Waals surface area contributed by atoms with Crippen LogP contribution in [0.25, 0.3) is 0 Å². The molecule has 0 saturated carbocycles. The Labute approximate surface area is 225 Å². The van der Waals surface area contributed by atoms with E-state index in [0.717, 1.165) is 12.8 Å².